The van der Waals surface area contributed by atoms with Crippen molar-refractivity contribution >= 4 is 23.2 Å². The van der Waals surface area contributed by atoms with E-state index in [1.54, 1.807) is 0 Å². The number of imidazole rings is 1. The standard InChI is InChI=1S/C15H24N4S/c1-12(8-10-20-4)18(3)15-13(11-16-2)19-9-6-5-7-14(19)17-15/h5-7,9,12,16H,8,10-11H2,1-4H3. The van der Waals surface area contributed by atoms with Crippen LogP contribution in [-0.2, 0) is 6.54 Å². The molecule has 0 saturated heterocycles. The average Bonchev–Trinajstić information content (AvgIpc) is 2.83. The minimum absolute atomic E-state index is 0.489. The van der Waals surface area contributed by atoms with Crippen LogP contribution in [0.4, 0.5) is 5.82 Å². The summed E-state index contributed by atoms with van der Waals surface area (Å²) >= 11 is 1.90. The maximum Gasteiger partial charge on any atom is 0.152 e. The minimum Gasteiger partial charge on any atom is -0.355 e. The molecule has 4 nitrogen and oxygen atoms in total. The molecule has 0 saturated carbocycles. The van der Waals surface area contributed by atoms with Crippen LogP contribution in [0.15, 0.2) is 24.4 Å². The molecule has 0 bridgehead atoms. The van der Waals surface area contributed by atoms with Gasteiger partial charge < -0.3 is 14.6 Å². The van der Waals surface area contributed by atoms with E-state index in [9.17, 15) is 0 Å². The number of anilines is 1. The van der Waals surface area contributed by atoms with Crippen LogP contribution < -0.4 is 10.2 Å². The van der Waals surface area contributed by atoms with Crippen LogP contribution in [0.25, 0.3) is 5.65 Å². The molecule has 1 atom stereocenters. The third kappa shape index (κ3) is 3.10. The van der Waals surface area contributed by atoms with Gasteiger partial charge in [0.15, 0.2) is 5.82 Å². The van der Waals surface area contributed by atoms with E-state index in [-0.39, 0.29) is 0 Å². The van der Waals surface area contributed by atoms with Gasteiger partial charge in [-0.1, -0.05) is 6.07 Å². The zero-order valence-corrected chi connectivity index (χ0v) is 13.6. The van der Waals surface area contributed by atoms with Gasteiger partial charge in [-0.2, -0.15) is 11.8 Å². The van der Waals surface area contributed by atoms with E-state index in [2.05, 4.69) is 53.2 Å². The smallest absolute Gasteiger partial charge is 0.152 e. The molecular weight excluding hydrogens is 268 g/mol. The predicted octanol–water partition coefficient (Wildman–Crippen LogP) is 2.63. The topological polar surface area (TPSA) is 32.6 Å². The second kappa shape index (κ2) is 6.99. The van der Waals surface area contributed by atoms with E-state index < -0.39 is 0 Å². The van der Waals surface area contributed by atoms with Crippen molar-refractivity contribution in [2.24, 2.45) is 0 Å². The molecule has 0 radical (unpaired) electrons. The lowest BCUT2D eigenvalue weighted by molar-refractivity contribution is 0.656. The summed E-state index contributed by atoms with van der Waals surface area (Å²) in [7, 11) is 4.12. The summed E-state index contributed by atoms with van der Waals surface area (Å²) in [6, 6.07) is 6.63. The second-order valence-corrected chi connectivity index (χ2v) is 6.07. The Balaban J connectivity index is 2.34. The molecule has 2 heterocycles. The molecule has 5 heteroatoms. The highest BCUT2D eigenvalue weighted by atomic mass is 32.2. The van der Waals surface area contributed by atoms with Crippen LogP contribution in [0.2, 0.25) is 0 Å². The Morgan fingerprint density at radius 2 is 2.25 bits per heavy atom. The van der Waals surface area contributed by atoms with Gasteiger partial charge in [0, 0.05) is 25.8 Å². The van der Waals surface area contributed by atoms with Gasteiger partial charge in [0.2, 0.25) is 0 Å². The van der Waals surface area contributed by atoms with Gasteiger partial charge in [0.25, 0.3) is 0 Å². The first kappa shape index (κ1) is 15.2. The van der Waals surface area contributed by atoms with Crippen molar-refractivity contribution in [3.63, 3.8) is 0 Å². The molecule has 1 unspecified atom stereocenters. The highest BCUT2D eigenvalue weighted by molar-refractivity contribution is 7.98. The van der Waals surface area contributed by atoms with E-state index >= 15 is 0 Å². The van der Waals surface area contributed by atoms with E-state index in [0.717, 1.165) is 18.0 Å². The quantitative estimate of drug-likeness (QED) is 0.850. The van der Waals surface area contributed by atoms with Crippen LogP contribution in [0.3, 0.4) is 0 Å². The Kier molecular flexibility index (Phi) is 5.31. The molecule has 0 amide bonds. The Bertz CT molecular complexity index is 552. The van der Waals surface area contributed by atoms with Gasteiger partial charge in [-0.3, -0.25) is 0 Å². The molecule has 0 aliphatic heterocycles. The molecule has 0 fully saturated rings. The summed E-state index contributed by atoms with van der Waals surface area (Å²) in [5, 5.41) is 3.25. The Hall–Kier alpha value is -1.20. The predicted molar refractivity (Wildman–Crippen MR) is 88.8 cm³/mol. The third-order valence-corrected chi connectivity index (χ3v) is 4.33. The van der Waals surface area contributed by atoms with Crippen LogP contribution in [0.5, 0.6) is 0 Å². The number of nitrogens with one attached hydrogen (secondary N) is 1. The Morgan fingerprint density at radius 1 is 1.45 bits per heavy atom. The van der Waals surface area contributed by atoms with Crippen LogP contribution in [0, 0.1) is 0 Å². The number of pyridine rings is 1. The fraction of sp³-hybridized carbons (Fsp3) is 0.533. The number of thioether (sulfide) groups is 1. The molecule has 2 aromatic rings. The Morgan fingerprint density at radius 3 is 2.95 bits per heavy atom. The molecular formula is C15H24N4S. The highest BCUT2D eigenvalue weighted by Gasteiger charge is 2.18. The van der Waals surface area contributed by atoms with Gasteiger partial charge >= 0.3 is 0 Å². The van der Waals surface area contributed by atoms with Crippen molar-refractivity contribution < 1.29 is 0 Å². The first-order chi connectivity index (χ1) is 9.69. The van der Waals surface area contributed by atoms with Gasteiger partial charge in [-0.05, 0) is 44.5 Å². The second-order valence-electron chi connectivity index (χ2n) is 5.08. The molecule has 110 valence electrons. The van der Waals surface area contributed by atoms with E-state index in [0.29, 0.717) is 6.04 Å². The number of fused-ring (bicyclic) bond motifs is 1. The van der Waals surface area contributed by atoms with Crippen LogP contribution >= 0.6 is 11.8 Å². The number of hydrogen-bond donors (Lipinski definition) is 1. The van der Waals surface area contributed by atoms with Crippen LogP contribution in [-0.4, -0.2) is 41.5 Å². The summed E-state index contributed by atoms with van der Waals surface area (Å²) in [5.41, 5.74) is 2.23. The van der Waals surface area contributed by atoms with Gasteiger partial charge in [0.1, 0.15) is 5.65 Å². The summed E-state index contributed by atoms with van der Waals surface area (Å²) in [6.07, 6.45) is 5.41. The molecule has 0 aliphatic rings. The Labute approximate surface area is 125 Å². The van der Waals surface area contributed by atoms with Crippen molar-refractivity contribution in [1.82, 2.24) is 14.7 Å². The van der Waals surface area contributed by atoms with Gasteiger partial charge in [0.05, 0.1) is 5.69 Å². The molecule has 2 rings (SSSR count). The molecule has 1 N–H and O–H groups in total. The largest absolute Gasteiger partial charge is 0.355 e. The van der Waals surface area contributed by atoms with Crippen molar-refractivity contribution in [2.45, 2.75) is 25.9 Å². The molecule has 0 aromatic carbocycles. The summed E-state index contributed by atoms with van der Waals surface area (Å²) < 4.78 is 2.17. The van der Waals surface area contributed by atoms with E-state index in [1.165, 1.54) is 17.9 Å². The first-order valence-corrected chi connectivity index (χ1v) is 8.40. The van der Waals surface area contributed by atoms with Crippen molar-refractivity contribution in [3.8, 4) is 0 Å². The number of nitrogens with zero attached hydrogens (tertiary/aromatic N) is 3. The minimum atomic E-state index is 0.489. The van der Waals surface area contributed by atoms with Gasteiger partial charge in [-0.25, -0.2) is 4.98 Å². The van der Waals surface area contributed by atoms with Crippen molar-refractivity contribution in [3.05, 3.63) is 30.1 Å². The van der Waals surface area contributed by atoms with E-state index in [1.807, 2.05) is 24.9 Å². The lowest BCUT2D eigenvalue weighted by Gasteiger charge is -2.26. The molecule has 20 heavy (non-hydrogen) atoms. The molecule has 0 spiro atoms. The zero-order valence-electron chi connectivity index (χ0n) is 12.8. The number of hydrogen-bond acceptors (Lipinski definition) is 4. The fourth-order valence-electron chi connectivity index (χ4n) is 2.34. The summed E-state index contributed by atoms with van der Waals surface area (Å²) in [6.45, 7) is 3.09. The van der Waals surface area contributed by atoms with Gasteiger partial charge in [-0.15, -0.1) is 0 Å². The number of rotatable bonds is 7. The van der Waals surface area contributed by atoms with Crippen molar-refractivity contribution in [1.29, 1.82) is 0 Å². The molecule has 2 aromatic heterocycles. The zero-order chi connectivity index (χ0) is 14.5. The summed E-state index contributed by atoms with van der Waals surface area (Å²) in [5.74, 6) is 2.26. The molecule has 0 aliphatic carbocycles. The number of aromatic nitrogens is 2. The van der Waals surface area contributed by atoms with Crippen molar-refractivity contribution in [2.75, 3.05) is 31.0 Å². The van der Waals surface area contributed by atoms with E-state index in [4.69, 9.17) is 4.98 Å². The maximum atomic E-state index is 4.80. The first-order valence-electron chi connectivity index (χ1n) is 7.01. The van der Waals surface area contributed by atoms with Crippen LogP contribution in [0.1, 0.15) is 19.0 Å². The third-order valence-electron chi connectivity index (χ3n) is 3.69. The monoisotopic (exact) mass is 292 g/mol. The lowest BCUT2D eigenvalue weighted by Crippen LogP contribution is -2.31. The maximum absolute atomic E-state index is 4.80. The highest BCUT2D eigenvalue weighted by Crippen LogP contribution is 2.23. The summed E-state index contributed by atoms with van der Waals surface area (Å²) in [4.78, 5) is 7.10. The normalized spacial score (nSPS) is 12.8. The lowest BCUT2D eigenvalue weighted by atomic mass is 10.2. The SMILES string of the molecule is CNCc1c(N(C)C(C)CCSC)nc2ccccn12. The average molecular weight is 292 g/mol. The fourth-order valence-corrected chi connectivity index (χ4v) is 2.92.